The molecule has 1 fully saturated rings. The lowest BCUT2D eigenvalue weighted by Gasteiger charge is -2.36. The van der Waals surface area contributed by atoms with Crippen molar-refractivity contribution in [2.75, 3.05) is 26.2 Å². The molecule has 3 aromatic heterocycles. The number of hydrogen-bond acceptors (Lipinski definition) is 5. The molecule has 9 heteroatoms. The van der Waals surface area contributed by atoms with Gasteiger partial charge in [0.05, 0.1) is 18.0 Å². The van der Waals surface area contributed by atoms with E-state index in [2.05, 4.69) is 5.10 Å². The molecule has 1 aromatic carbocycles. The average molecular weight is 447 g/mol. The molecule has 33 heavy (non-hydrogen) atoms. The predicted octanol–water partition coefficient (Wildman–Crippen LogP) is 2.42. The highest BCUT2D eigenvalue weighted by atomic mass is 16.3. The first-order valence-corrected chi connectivity index (χ1v) is 11.1. The van der Waals surface area contributed by atoms with Crippen LogP contribution in [0.2, 0.25) is 0 Å². The van der Waals surface area contributed by atoms with Crippen LogP contribution in [-0.4, -0.2) is 62.1 Å². The van der Waals surface area contributed by atoms with Crippen molar-refractivity contribution >= 4 is 33.6 Å². The molecule has 1 saturated heterocycles. The fraction of sp³-hybridized carbons (Fsp3) is 0.333. The van der Waals surface area contributed by atoms with Crippen molar-refractivity contribution in [2.45, 2.75) is 19.4 Å². The lowest BCUT2D eigenvalue weighted by atomic mass is 10.1. The average Bonchev–Trinajstić information content (AvgIpc) is 3.49. The predicted molar refractivity (Wildman–Crippen MR) is 123 cm³/mol. The fourth-order valence-corrected chi connectivity index (χ4v) is 4.68. The molecule has 0 unspecified atom stereocenters. The van der Waals surface area contributed by atoms with Crippen LogP contribution in [-0.2, 0) is 11.8 Å². The molecule has 0 N–H and O–H groups in total. The Labute approximate surface area is 189 Å². The van der Waals surface area contributed by atoms with E-state index >= 15 is 0 Å². The summed E-state index contributed by atoms with van der Waals surface area (Å²) in [5, 5.41) is 5.83. The summed E-state index contributed by atoms with van der Waals surface area (Å²) in [7, 11) is 1.61. The second-order valence-corrected chi connectivity index (χ2v) is 8.24. The van der Waals surface area contributed by atoms with E-state index in [0.29, 0.717) is 43.9 Å². The SMILES string of the molecule is CC[C@H](C(=O)N1CCN(C(=O)c2ccco2)CC1)n1c2ccccc2c2cnn(C)c(=O)c21. The van der Waals surface area contributed by atoms with Gasteiger partial charge in [0.1, 0.15) is 11.6 Å². The zero-order chi connectivity index (χ0) is 23.1. The van der Waals surface area contributed by atoms with Gasteiger partial charge in [0, 0.05) is 44.0 Å². The maximum absolute atomic E-state index is 13.7. The van der Waals surface area contributed by atoms with Gasteiger partial charge in [-0.3, -0.25) is 14.4 Å². The molecule has 0 spiro atoms. The smallest absolute Gasteiger partial charge is 0.291 e. The minimum absolute atomic E-state index is 0.0517. The Morgan fingerprint density at radius 3 is 2.45 bits per heavy atom. The molecule has 170 valence electrons. The zero-order valence-electron chi connectivity index (χ0n) is 18.6. The molecule has 0 saturated carbocycles. The van der Waals surface area contributed by atoms with E-state index in [4.69, 9.17) is 4.42 Å². The van der Waals surface area contributed by atoms with Crippen LogP contribution in [0, 0.1) is 0 Å². The van der Waals surface area contributed by atoms with Crippen molar-refractivity contribution in [1.29, 1.82) is 0 Å². The Morgan fingerprint density at radius 2 is 1.76 bits per heavy atom. The third-order valence-corrected chi connectivity index (χ3v) is 6.40. The molecule has 5 rings (SSSR count). The van der Waals surface area contributed by atoms with Crippen LogP contribution in [0.15, 0.2) is 58.1 Å². The number of benzene rings is 1. The Kier molecular flexibility index (Phi) is 5.24. The number of para-hydroxylation sites is 1. The second-order valence-electron chi connectivity index (χ2n) is 8.24. The summed E-state index contributed by atoms with van der Waals surface area (Å²) in [4.78, 5) is 42.8. The van der Waals surface area contributed by atoms with E-state index < -0.39 is 6.04 Å². The first-order valence-electron chi connectivity index (χ1n) is 11.1. The Bertz CT molecular complexity index is 1390. The van der Waals surface area contributed by atoms with Gasteiger partial charge in [0.25, 0.3) is 11.5 Å². The molecule has 0 bridgehead atoms. The normalized spacial score (nSPS) is 15.3. The van der Waals surface area contributed by atoms with Crippen molar-refractivity contribution < 1.29 is 14.0 Å². The summed E-state index contributed by atoms with van der Waals surface area (Å²) >= 11 is 0. The van der Waals surface area contributed by atoms with Gasteiger partial charge in [-0.15, -0.1) is 0 Å². The number of carbonyl (C=O) groups excluding carboxylic acids is 2. The van der Waals surface area contributed by atoms with Crippen LogP contribution < -0.4 is 5.56 Å². The van der Waals surface area contributed by atoms with E-state index in [1.54, 1.807) is 35.2 Å². The summed E-state index contributed by atoms with van der Waals surface area (Å²) in [6.45, 7) is 3.67. The number of amides is 2. The first kappa shape index (κ1) is 21.0. The van der Waals surface area contributed by atoms with Crippen molar-refractivity contribution in [3.8, 4) is 0 Å². The van der Waals surface area contributed by atoms with Crippen LogP contribution >= 0.6 is 0 Å². The zero-order valence-corrected chi connectivity index (χ0v) is 18.6. The van der Waals surface area contributed by atoms with Gasteiger partial charge in [0.2, 0.25) is 5.91 Å². The van der Waals surface area contributed by atoms with Gasteiger partial charge < -0.3 is 18.8 Å². The number of carbonyl (C=O) groups is 2. The number of piperazine rings is 1. The Hall–Kier alpha value is -3.88. The van der Waals surface area contributed by atoms with E-state index in [-0.39, 0.29) is 17.4 Å². The molecule has 0 radical (unpaired) electrons. The quantitative estimate of drug-likeness (QED) is 0.479. The first-order chi connectivity index (χ1) is 16.0. The van der Waals surface area contributed by atoms with Crippen molar-refractivity contribution in [3.05, 3.63) is 65.0 Å². The molecule has 9 nitrogen and oxygen atoms in total. The number of furan rings is 1. The second kappa shape index (κ2) is 8.23. The van der Waals surface area contributed by atoms with E-state index in [1.165, 1.54) is 10.9 Å². The highest BCUT2D eigenvalue weighted by Gasteiger charge is 2.32. The molecular weight excluding hydrogens is 422 g/mol. The molecule has 2 amide bonds. The van der Waals surface area contributed by atoms with Gasteiger partial charge in [-0.2, -0.15) is 5.10 Å². The topological polar surface area (TPSA) is 93.6 Å². The third-order valence-electron chi connectivity index (χ3n) is 6.40. The number of nitrogens with zero attached hydrogens (tertiary/aromatic N) is 5. The largest absolute Gasteiger partial charge is 0.459 e. The highest BCUT2D eigenvalue weighted by Crippen LogP contribution is 2.31. The molecule has 1 atom stereocenters. The fourth-order valence-electron chi connectivity index (χ4n) is 4.68. The molecule has 4 heterocycles. The minimum Gasteiger partial charge on any atom is -0.459 e. The molecule has 1 aliphatic heterocycles. The number of aryl methyl sites for hydroxylation is 1. The van der Waals surface area contributed by atoms with Gasteiger partial charge in [0.15, 0.2) is 5.76 Å². The van der Waals surface area contributed by atoms with E-state index in [0.717, 1.165) is 16.3 Å². The number of hydrogen-bond donors (Lipinski definition) is 0. The molecule has 0 aliphatic carbocycles. The lowest BCUT2D eigenvalue weighted by molar-refractivity contribution is -0.136. The van der Waals surface area contributed by atoms with Gasteiger partial charge in [-0.25, -0.2) is 4.68 Å². The Balaban J connectivity index is 1.47. The van der Waals surface area contributed by atoms with Crippen LogP contribution in [0.4, 0.5) is 0 Å². The maximum atomic E-state index is 13.7. The number of aromatic nitrogens is 3. The van der Waals surface area contributed by atoms with Crippen molar-refractivity contribution in [1.82, 2.24) is 24.1 Å². The van der Waals surface area contributed by atoms with Gasteiger partial charge >= 0.3 is 0 Å². The van der Waals surface area contributed by atoms with Gasteiger partial charge in [-0.05, 0) is 24.6 Å². The van der Waals surface area contributed by atoms with Crippen molar-refractivity contribution in [3.63, 3.8) is 0 Å². The number of rotatable bonds is 4. The minimum atomic E-state index is -0.533. The summed E-state index contributed by atoms with van der Waals surface area (Å²) < 4.78 is 8.39. The van der Waals surface area contributed by atoms with Crippen LogP contribution in [0.1, 0.15) is 29.9 Å². The molecule has 1 aliphatic rings. The monoisotopic (exact) mass is 447 g/mol. The van der Waals surface area contributed by atoms with Gasteiger partial charge in [-0.1, -0.05) is 25.1 Å². The lowest BCUT2D eigenvalue weighted by Crippen LogP contribution is -2.52. The third kappa shape index (κ3) is 3.40. The van der Waals surface area contributed by atoms with E-state index in [1.807, 2.05) is 35.8 Å². The summed E-state index contributed by atoms with van der Waals surface area (Å²) in [6.07, 6.45) is 3.69. The standard InChI is InChI=1S/C24H25N5O4/c1-3-18(22(30)27-10-12-28(13-11-27)23(31)20-9-6-14-33-20)29-19-8-5-4-7-16(19)17-15-25-26(2)24(32)21(17)29/h4-9,14-15,18H,3,10-13H2,1-2H3/t18-/m1/s1. The summed E-state index contributed by atoms with van der Waals surface area (Å²) in [6, 6.07) is 10.5. The maximum Gasteiger partial charge on any atom is 0.291 e. The summed E-state index contributed by atoms with van der Waals surface area (Å²) in [5.74, 6) is 0.0811. The van der Waals surface area contributed by atoms with E-state index in [9.17, 15) is 14.4 Å². The summed E-state index contributed by atoms with van der Waals surface area (Å²) in [5.41, 5.74) is 1.09. The van der Waals surface area contributed by atoms with Crippen LogP contribution in [0.3, 0.4) is 0 Å². The van der Waals surface area contributed by atoms with Crippen LogP contribution in [0.5, 0.6) is 0 Å². The molecule has 4 aromatic rings. The highest BCUT2D eigenvalue weighted by molar-refractivity contribution is 6.08. The number of fused-ring (bicyclic) bond motifs is 3. The van der Waals surface area contributed by atoms with Crippen LogP contribution in [0.25, 0.3) is 21.8 Å². The Morgan fingerprint density at radius 1 is 1.03 bits per heavy atom. The van der Waals surface area contributed by atoms with Crippen molar-refractivity contribution in [2.24, 2.45) is 7.05 Å². The molecular formula is C24H25N5O4.